The van der Waals surface area contributed by atoms with Crippen LogP contribution in [0.3, 0.4) is 0 Å². The quantitative estimate of drug-likeness (QED) is 0.812. The number of nitrogens with two attached hydrogens (primary N) is 1. The summed E-state index contributed by atoms with van der Waals surface area (Å²) >= 11 is 0. The summed E-state index contributed by atoms with van der Waals surface area (Å²) in [4.78, 5) is 13.4. The predicted molar refractivity (Wildman–Crippen MR) is 83.9 cm³/mol. The number of benzene rings is 1. The minimum atomic E-state index is -0.0240. The van der Waals surface area contributed by atoms with Gasteiger partial charge in [0.25, 0.3) is 5.91 Å². The van der Waals surface area contributed by atoms with Gasteiger partial charge in [-0.05, 0) is 42.4 Å². The summed E-state index contributed by atoms with van der Waals surface area (Å²) in [7, 11) is 3.48. The maximum atomic E-state index is 11.9. The van der Waals surface area contributed by atoms with E-state index in [1.807, 2.05) is 12.1 Å². The van der Waals surface area contributed by atoms with Crippen LogP contribution in [-0.2, 0) is 0 Å². The number of anilines is 2. The monoisotopic (exact) mass is 275 g/mol. The Bertz CT molecular complexity index is 504. The molecule has 4 nitrogen and oxygen atoms in total. The smallest absolute Gasteiger partial charge is 0.253 e. The molecule has 1 fully saturated rings. The molecule has 0 spiro atoms. The molecule has 1 aliphatic rings. The number of rotatable bonds is 5. The third-order valence-corrected chi connectivity index (χ3v) is 4.45. The zero-order valence-corrected chi connectivity index (χ0v) is 12.9. The zero-order chi connectivity index (χ0) is 14.9. The van der Waals surface area contributed by atoms with Crippen LogP contribution in [0.15, 0.2) is 18.2 Å². The van der Waals surface area contributed by atoms with Crippen LogP contribution >= 0.6 is 0 Å². The molecule has 0 atom stereocenters. The normalized spacial score (nSPS) is 16.1. The Morgan fingerprint density at radius 3 is 2.50 bits per heavy atom. The average Bonchev–Trinajstić information content (AvgIpc) is 3.17. The van der Waals surface area contributed by atoms with Crippen LogP contribution in [0.25, 0.3) is 0 Å². The van der Waals surface area contributed by atoms with Crippen molar-refractivity contribution in [3.8, 4) is 0 Å². The summed E-state index contributed by atoms with van der Waals surface area (Å²) in [5.41, 5.74) is 8.67. The van der Waals surface area contributed by atoms with E-state index >= 15 is 0 Å². The Morgan fingerprint density at radius 1 is 1.40 bits per heavy atom. The van der Waals surface area contributed by atoms with Crippen molar-refractivity contribution in [2.24, 2.45) is 11.3 Å². The predicted octanol–water partition coefficient (Wildman–Crippen LogP) is 2.82. The molecule has 0 radical (unpaired) electrons. The van der Waals surface area contributed by atoms with E-state index in [0.717, 1.165) is 12.2 Å². The van der Waals surface area contributed by atoms with Gasteiger partial charge < -0.3 is 16.0 Å². The fraction of sp³-hybridized carbons (Fsp3) is 0.562. The van der Waals surface area contributed by atoms with Crippen molar-refractivity contribution in [3.05, 3.63) is 23.8 Å². The topological polar surface area (TPSA) is 58.4 Å². The van der Waals surface area contributed by atoms with Gasteiger partial charge in [-0.2, -0.15) is 0 Å². The summed E-state index contributed by atoms with van der Waals surface area (Å²) in [5, 5.41) is 3.44. The van der Waals surface area contributed by atoms with E-state index in [4.69, 9.17) is 5.73 Å². The average molecular weight is 275 g/mol. The Morgan fingerprint density at radius 2 is 2.05 bits per heavy atom. The standard InChI is InChI=1S/C16H25N3O/c1-11(2)16(7-8-16)10-18-14-6-5-12(9-13(14)17)15(20)19(3)4/h5-6,9,11,18H,7-8,10,17H2,1-4H3. The van der Waals surface area contributed by atoms with Crippen molar-refractivity contribution >= 4 is 17.3 Å². The van der Waals surface area contributed by atoms with Gasteiger partial charge in [0, 0.05) is 26.2 Å². The summed E-state index contributed by atoms with van der Waals surface area (Å²) in [6.45, 7) is 5.50. The Balaban J connectivity index is 2.05. The van der Waals surface area contributed by atoms with Crippen molar-refractivity contribution in [1.29, 1.82) is 0 Å². The molecular weight excluding hydrogens is 250 g/mol. The van der Waals surface area contributed by atoms with Crippen LogP contribution < -0.4 is 11.1 Å². The summed E-state index contributed by atoms with van der Waals surface area (Å²) in [5.74, 6) is 0.662. The molecule has 0 unspecified atom stereocenters. The number of nitrogen functional groups attached to an aromatic ring is 1. The van der Waals surface area contributed by atoms with E-state index < -0.39 is 0 Å². The number of hydrogen-bond donors (Lipinski definition) is 2. The summed E-state index contributed by atoms with van der Waals surface area (Å²) in [6, 6.07) is 5.48. The first-order valence-corrected chi connectivity index (χ1v) is 7.21. The van der Waals surface area contributed by atoms with Crippen LogP contribution in [0, 0.1) is 11.3 Å². The van der Waals surface area contributed by atoms with Crippen LogP contribution in [0.2, 0.25) is 0 Å². The molecule has 1 aromatic rings. The first-order chi connectivity index (χ1) is 9.35. The second-order valence-corrected chi connectivity index (χ2v) is 6.37. The molecule has 0 heterocycles. The van der Waals surface area contributed by atoms with Crippen molar-refractivity contribution in [1.82, 2.24) is 4.90 Å². The van der Waals surface area contributed by atoms with Gasteiger partial charge in [-0.25, -0.2) is 0 Å². The van der Waals surface area contributed by atoms with Gasteiger partial charge in [-0.3, -0.25) is 4.79 Å². The molecular formula is C16H25N3O. The van der Waals surface area contributed by atoms with E-state index in [1.54, 1.807) is 25.1 Å². The molecule has 1 aromatic carbocycles. The molecule has 3 N–H and O–H groups in total. The van der Waals surface area contributed by atoms with Crippen molar-refractivity contribution < 1.29 is 4.79 Å². The molecule has 0 aliphatic heterocycles. The molecule has 2 rings (SSSR count). The maximum Gasteiger partial charge on any atom is 0.253 e. The second-order valence-electron chi connectivity index (χ2n) is 6.37. The van der Waals surface area contributed by atoms with E-state index in [-0.39, 0.29) is 5.91 Å². The van der Waals surface area contributed by atoms with Gasteiger partial charge in [0.1, 0.15) is 0 Å². The number of carbonyl (C=O) groups excluding carboxylic acids is 1. The zero-order valence-electron chi connectivity index (χ0n) is 12.9. The van der Waals surface area contributed by atoms with Crippen LogP contribution in [-0.4, -0.2) is 31.4 Å². The van der Waals surface area contributed by atoms with Gasteiger partial charge in [0.2, 0.25) is 0 Å². The number of hydrogen-bond acceptors (Lipinski definition) is 3. The Labute approximate surface area is 121 Å². The number of nitrogens with one attached hydrogen (secondary N) is 1. The van der Waals surface area contributed by atoms with E-state index in [1.165, 1.54) is 12.8 Å². The lowest BCUT2D eigenvalue weighted by Gasteiger charge is -2.21. The van der Waals surface area contributed by atoms with E-state index in [2.05, 4.69) is 19.2 Å². The third-order valence-electron chi connectivity index (χ3n) is 4.45. The molecule has 4 heteroatoms. The number of nitrogens with zero attached hydrogens (tertiary/aromatic N) is 1. The molecule has 1 amide bonds. The highest BCUT2D eigenvalue weighted by atomic mass is 16.2. The highest BCUT2D eigenvalue weighted by molar-refractivity contribution is 5.95. The molecule has 0 aromatic heterocycles. The molecule has 20 heavy (non-hydrogen) atoms. The van der Waals surface area contributed by atoms with Crippen LogP contribution in [0.4, 0.5) is 11.4 Å². The van der Waals surface area contributed by atoms with E-state index in [9.17, 15) is 4.79 Å². The first kappa shape index (κ1) is 14.7. The molecule has 1 saturated carbocycles. The highest BCUT2D eigenvalue weighted by Crippen LogP contribution is 2.51. The minimum Gasteiger partial charge on any atom is -0.397 e. The maximum absolute atomic E-state index is 11.9. The minimum absolute atomic E-state index is 0.0240. The number of amides is 1. The lowest BCUT2D eigenvalue weighted by atomic mass is 9.92. The highest BCUT2D eigenvalue weighted by Gasteiger charge is 2.44. The third kappa shape index (κ3) is 2.89. The summed E-state index contributed by atoms with van der Waals surface area (Å²) in [6.07, 6.45) is 2.57. The Kier molecular flexibility index (Phi) is 3.93. The first-order valence-electron chi connectivity index (χ1n) is 7.21. The second kappa shape index (κ2) is 5.35. The van der Waals surface area contributed by atoms with Gasteiger partial charge in [-0.15, -0.1) is 0 Å². The van der Waals surface area contributed by atoms with Gasteiger partial charge in [0.15, 0.2) is 0 Å². The van der Waals surface area contributed by atoms with Crippen LogP contribution in [0.1, 0.15) is 37.0 Å². The SMILES string of the molecule is CC(C)C1(CNc2ccc(C(=O)N(C)C)cc2N)CC1. The molecule has 110 valence electrons. The molecule has 0 saturated heterocycles. The molecule has 0 bridgehead atoms. The van der Waals surface area contributed by atoms with Crippen molar-refractivity contribution in [2.45, 2.75) is 26.7 Å². The fourth-order valence-corrected chi connectivity index (χ4v) is 2.51. The molecule has 1 aliphatic carbocycles. The largest absolute Gasteiger partial charge is 0.397 e. The van der Waals surface area contributed by atoms with Gasteiger partial charge in [0.05, 0.1) is 11.4 Å². The summed E-state index contributed by atoms with van der Waals surface area (Å²) < 4.78 is 0. The van der Waals surface area contributed by atoms with Crippen molar-refractivity contribution in [2.75, 3.05) is 31.7 Å². The van der Waals surface area contributed by atoms with Crippen molar-refractivity contribution in [3.63, 3.8) is 0 Å². The lowest BCUT2D eigenvalue weighted by molar-refractivity contribution is 0.0827. The van der Waals surface area contributed by atoms with Crippen LogP contribution in [0.5, 0.6) is 0 Å². The van der Waals surface area contributed by atoms with E-state index in [0.29, 0.717) is 22.6 Å². The van der Waals surface area contributed by atoms with Gasteiger partial charge in [-0.1, -0.05) is 13.8 Å². The fourth-order valence-electron chi connectivity index (χ4n) is 2.51. The van der Waals surface area contributed by atoms with Gasteiger partial charge >= 0.3 is 0 Å². The number of carbonyl (C=O) groups is 1. The Hall–Kier alpha value is -1.71. The lowest BCUT2D eigenvalue weighted by Crippen LogP contribution is -2.23.